The number of hydrogen-bond donors (Lipinski definition) is 2. The van der Waals surface area contributed by atoms with Crippen LogP contribution in [0.2, 0.25) is 0 Å². The number of alkyl halides is 3. The van der Waals surface area contributed by atoms with Gasteiger partial charge in [0.1, 0.15) is 0 Å². The highest BCUT2D eigenvalue weighted by Crippen LogP contribution is 2.29. The molecule has 0 fully saturated rings. The van der Waals surface area contributed by atoms with E-state index in [2.05, 4.69) is 5.32 Å². The Morgan fingerprint density at radius 1 is 1.14 bits per heavy atom. The van der Waals surface area contributed by atoms with Gasteiger partial charge in [0, 0.05) is 0 Å². The third kappa shape index (κ3) is 5.55. The molecule has 3 nitrogen and oxygen atoms in total. The smallest absolute Gasteiger partial charge is 0.348 e. The van der Waals surface area contributed by atoms with E-state index >= 15 is 0 Å². The number of hydrogen-bond acceptors (Lipinski definition) is 2. The summed E-state index contributed by atoms with van der Waals surface area (Å²) in [5, 5.41) is 2.69. The second-order valence-corrected chi connectivity index (χ2v) is 5.12. The van der Waals surface area contributed by atoms with Gasteiger partial charge < -0.3 is 11.1 Å². The summed E-state index contributed by atoms with van der Waals surface area (Å²) in [6.07, 6.45) is -4.36. The summed E-state index contributed by atoms with van der Waals surface area (Å²) in [6, 6.07) is 3.69. The molecule has 3 N–H and O–H groups in total. The lowest BCUT2D eigenvalue weighted by atomic mass is 10.0. The van der Waals surface area contributed by atoms with Gasteiger partial charge in [-0.2, -0.15) is 13.2 Å². The minimum absolute atomic E-state index is 0. The number of nitrogens with one attached hydrogen (secondary N) is 1. The highest BCUT2D eigenvalue weighted by molar-refractivity contribution is 5.85. The Morgan fingerprint density at radius 3 is 2.00 bits per heavy atom. The SMILES string of the molecule is CC(NC(=O)[C@H](N)C(C)C)c1ccc(C(F)(F)F)cc1.Cl. The zero-order valence-electron chi connectivity index (χ0n) is 12.1. The third-order valence-corrected chi connectivity index (χ3v) is 3.12. The molecule has 0 saturated heterocycles. The van der Waals surface area contributed by atoms with Crippen LogP contribution in [0, 0.1) is 5.92 Å². The van der Waals surface area contributed by atoms with E-state index in [1.807, 2.05) is 13.8 Å². The predicted octanol–water partition coefficient (Wildman–Crippen LogP) is 3.29. The zero-order valence-corrected chi connectivity index (χ0v) is 12.9. The maximum absolute atomic E-state index is 12.4. The number of amides is 1. The van der Waals surface area contributed by atoms with Crippen molar-refractivity contribution in [3.05, 3.63) is 35.4 Å². The van der Waals surface area contributed by atoms with Crippen molar-refractivity contribution in [2.75, 3.05) is 0 Å². The highest BCUT2D eigenvalue weighted by Gasteiger charge is 2.30. The van der Waals surface area contributed by atoms with Crippen molar-refractivity contribution in [2.24, 2.45) is 11.7 Å². The summed E-state index contributed by atoms with van der Waals surface area (Å²) in [4.78, 5) is 11.8. The van der Waals surface area contributed by atoms with Crippen molar-refractivity contribution in [1.82, 2.24) is 5.32 Å². The fraction of sp³-hybridized carbons (Fsp3) is 0.500. The molecule has 21 heavy (non-hydrogen) atoms. The van der Waals surface area contributed by atoms with E-state index in [1.54, 1.807) is 6.92 Å². The molecule has 0 aliphatic heterocycles. The van der Waals surface area contributed by atoms with Crippen LogP contribution in [0.4, 0.5) is 13.2 Å². The summed E-state index contributed by atoms with van der Waals surface area (Å²) in [5.41, 5.74) is 5.60. The van der Waals surface area contributed by atoms with Crippen LogP contribution in [0.15, 0.2) is 24.3 Å². The Balaban J connectivity index is 0.00000400. The molecule has 0 aliphatic carbocycles. The third-order valence-electron chi connectivity index (χ3n) is 3.12. The maximum Gasteiger partial charge on any atom is 0.416 e. The molecule has 7 heteroatoms. The first-order chi connectivity index (χ1) is 9.12. The molecule has 0 saturated carbocycles. The predicted molar refractivity (Wildman–Crippen MR) is 78.1 cm³/mol. The molecular weight excluding hydrogens is 305 g/mol. The summed E-state index contributed by atoms with van der Waals surface area (Å²) < 4.78 is 37.3. The van der Waals surface area contributed by atoms with Crippen LogP contribution in [-0.4, -0.2) is 11.9 Å². The number of halogens is 4. The second kappa shape index (κ2) is 7.66. The van der Waals surface area contributed by atoms with Crippen LogP contribution < -0.4 is 11.1 Å². The number of carbonyl (C=O) groups is 1. The lowest BCUT2D eigenvalue weighted by Crippen LogP contribution is -2.44. The number of rotatable bonds is 4. The van der Waals surface area contributed by atoms with Crippen LogP contribution in [0.25, 0.3) is 0 Å². The lowest BCUT2D eigenvalue weighted by Gasteiger charge is -2.20. The Bertz CT molecular complexity index is 460. The summed E-state index contributed by atoms with van der Waals surface area (Å²) >= 11 is 0. The van der Waals surface area contributed by atoms with Gasteiger partial charge in [0.2, 0.25) is 5.91 Å². The number of benzene rings is 1. The van der Waals surface area contributed by atoms with E-state index in [0.29, 0.717) is 5.56 Å². The van der Waals surface area contributed by atoms with Crippen LogP contribution in [0.1, 0.15) is 37.9 Å². The molecule has 0 heterocycles. The van der Waals surface area contributed by atoms with Crippen molar-refractivity contribution in [1.29, 1.82) is 0 Å². The average Bonchev–Trinajstić information content (AvgIpc) is 2.36. The molecule has 120 valence electrons. The summed E-state index contributed by atoms with van der Waals surface area (Å²) in [7, 11) is 0. The van der Waals surface area contributed by atoms with E-state index in [9.17, 15) is 18.0 Å². The Hall–Kier alpha value is -1.27. The van der Waals surface area contributed by atoms with Crippen molar-refractivity contribution in [3.63, 3.8) is 0 Å². The van der Waals surface area contributed by atoms with Gasteiger partial charge in [-0.25, -0.2) is 0 Å². The molecule has 1 rings (SSSR count). The molecular formula is C14H20ClF3N2O. The largest absolute Gasteiger partial charge is 0.416 e. The maximum atomic E-state index is 12.4. The van der Waals surface area contributed by atoms with Crippen molar-refractivity contribution >= 4 is 18.3 Å². The van der Waals surface area contributed by atoms with Gasteiger partial charge in [0.05, 0.1) is 17.6 Å². The van der Waals surface area contributed by atoms with Gasteiger partial charge in [-0.05, 0) is 30.5 Å². The molecule has 0 radical (unpaired) electrons. The molecule has 1 amide bonds. The van der Waals surface area contributed by atoms with E-state index in [1.165, 1.54) is 12.1 Å². The van der Waals surface area contributed by atoms with Crippen molar-refractivity contribution in [2.45, 2.75) is 39.0 Å². The van der Waals surface area contributed by atoms with E-state index < -0.39 is 23.8 Å². The normalized spacial score (nSPS) is 14.3. The topological polar surface area (TPSA) is 55.1 Å². The molecule has 1 aromatic rings. The fourth-order valence-electron chi connectivity index (χ4n) is 1.66. The number of nitrogens with two attached hydrogens (primary N) is 1. The van der Waals surface area contributed by atoms with Gasteiger partial charge in [0.15, 0.2) is 0 Å². The van der Waals surface area contributed by atoms with Crippen molar-refractivity contribution < 1.29 is 18.0 Å². The van der Waals surface area contributed by atoms with Crippen LogP contribution >= 0.6 is 12.4 Å². The van der Waals surface area contributed by atoms with E-state index in [0.717, 1.165) is 12.1 Å². The van der Waals surface area contributed by atoms with Gasteiger partial charge in [0.25, 0.3) is 0 Å². The molecule has 1 unspecified atom stereocenters. The zero-order chi connectivity index (χ0) is 15.5. The first-order valence-electron chi connectivity index (χ1n) is 6.36. The molecule has 0 aromatic heterocycles. The van der Waals surface area contributed by atoms with Gasteiger partial charge >= 0.3 is 6.18 Å². The van der Waals surface area contributed by atoms with Gasteiger partial charge in [-0.15, -0.1) is 12.4 Å². The Labute approximate surface area is 128 Å². The van der Waals surface area contributed by atoms with Gasteiger partial charge in [-0.1, -0.05) is 26.0 Å². The van der Waals surface area contributed by atoms with Gasteiger partial charge in [-0.3, -0.25) is 4.79 Å². The van der Waals surface area contributed by atoms with Crippen LogP contribution in [0.3, 0.4) is 0 Å². The van der Waals surface area contributed by atoms with Crippen LogP contribution in [0.5, 0.6) is 0 Å². The monoisotopic (exact) mass is 324 g/mol. The summed E-state index contributed by atoms with van der Waals surface area (Å²) in [5.74, 6) is -0.317. The highest BCUT2D eigenvalue weighted by atomic mass is 35.5. The lowest BCUT2D eigenvalue weighted by molar-refractivity contribution is -0.137. The first-order valence-corrected chi connectivity index (χ1v) is 6.36. The molecule has 0 bridgehead atoms. The minimum atomic E-state index is -4.36. The molecule has 0 aliphatic rings. The second-order valence-electron chi connectivity index (χ2n) is 5.12. The van der Waals surface area contributed by atoms with E-state index in [4.69, 9.17) is 5.73 Å². The quantitative estimate of drug-likeness (QED) is 0.893. The number of carbonyl (C=O) groups excluding carboxylic acids is 1. The minimum Gasteiger partial charge on any atom is -0.348 e. The van der Waals surface area contributed by atoms with Crippen molar-refractivity contribution in [3.8, 4) is 0 Å². The molecule has 2 atom stereocenters. The van der Waals surface area contributed by atoms with E-state index in [-0.39, 0.29) is 24.2 Å². The molecule has 0 spiro atoms. The molecule has 1 aromatic carbocycles. The standard InChI is InChI=1S/C14H19F3N2O.ClH/c1-8(2)12(18)13(20)19-9(3)10-4-6-11(7-5-10)14(15,16)17;/h4-9,12H,18H2,1-3H3,(H,19,20);1H/t9?,12-;/m1./s1. The van der Waals surface area contributed by atoms with Crippen LogP contribution in [-0.2, 0) is 11.0 Å². The fourth-order valence-corrected chi connectivity index (χ4v) is 1.66. The summed E-state index contributed by atoms with van der Waals surface area (Å²) in [6.45, 7) is 5.35. The Kier molecular flexibility index (Phi) is 7.19. The Morgan fingerprint density at radius 2 is 1.62 bits per heavy atom. The first kappa shape index (κ1) is 19.7. The average molecular weight is 325 g/mol.